The summed E-state index contributed by atoms with van der Waals surface area (Å²) in [6, 6.07) is 7.76. The van der Waals surface area contributed by atoms with E-state index in [1.165, 1.54) is 44.9 Å². The zero-order valence-electron chi connectivity index (χ0n) is 16.3. The average Bonchev–Trinajstić information content (AvgIpc) is 3.19. The van der Waals surface area contributed by atoms with Crippen LogP contribution >= 0.6 is 0 Å². The third-order valence-electron chi connectivity index (χ3n) is 5.15. The largest absolute Gasteiger partial charge is 0.356 e. The molecule has 1 aromatic carbocycles. The molecule has 0 bridgehead atoms. The Morgan fingerprint density at radius 2 is 1.92 bits per heavy atom. The second-order valence-electron chi connectivity index (χ2n) is 7.10. The van der Waals surface area contributed by atoms with Crippen LogP contribution in [0.1, 0.15) is 60.9 Å². The van der Waals surface area contributed by atoms with Gasteiger partial charge in [-0.1, -0.05) is 50.7 Å². The smallest absolute Gasteiger partial charge is 0.251 e. The lowest BCUT2D eigenvalue weighted by molar-refractivity contribution is 0.0963. The molecule has 3 N–H and O–H groups in total. The third-order valence-corrected chi connectivity index (χ3v) is 5.15. The van der Waals surface area contributed by atoms with E-state index in [1.54, 1.807) is 14.1 Å². The first-order chi connectivity index (χ1) is 12.7. The van der Waals surface area contributed by atoms with E-state index in [-0.39, 0.29) is 5.91 Å². The summed E-state index contributed by atoms with van der Waals surface area (Å²) in [4.78, 5) is 16.0. The zero-order valence-corrected chi connectivity index (χ0v) is 16.3. The van der Waals surface area contributed by atoms with Gasteiger partial charge in [-0.15, -0.1) is 0 Å². The van der Waals surface area contributed by atoms with E-state index in [0.29, 0.717) is 5.56 Å². The first-order valence-corrected chi connectivity index (χ1v) is 9.98. The van der Waals surface area contributed by atoms with Gasteiger partial charge in [0.25, 0.3) is 5.91 Å². The van der Waals surface area contributed by atoms with Crippen molar-refractivity contribution in [3.63, 3.8) is 0 Å². The number of rotatable bonds is 9. The van der Waals surface area contributed by atoms with E-state index in [4.69, 9.17) is 0 Å². The van der Waals surface area contributed by atoms with E-state index >= 15 is 0 Å². The fraction of sp³-hybridized carbons (Fsp3) is 0.619. The van der Waals surface area contributed by atoms with Gasteiger partial charge >= 0.3 is 0 Å². The van der Waals surface area contributed by atoms with Crippen molar-refractivity contribution in [2.24, 2.45) is 10.9 Å². The van der Waals surface area contributed by atoms with Crippen molar-refractivity contribution in [2.75, 3.05) is 27.2 Å². The Kier molecular flexibility index (Phi) is 9.01. The maximum Gasteiger partial charge on any atom is 0.251 e. The van der Waals surface area contributed by atoms with Crippen LogP contribution in [-0.4, -0.2) is 39.1 Å². The van der Waals surface area contributed by atoms with Gasteiger partial charge in [-0.3, -0.25) is 9.79 Å². The standard InChI is InChI=1S/C21H34N4O/c1-22-20(26)19-12-7-11-18(16-19)13-15-25-21(23-2)24-14-6-5-10-17-8-3-4-9-17/h7,11-12,16-17H,3-6,8-10,13-15H2,1-2H3,(H,22,26)(H2,23,24,25). The number of nitrogens with one attached hydrogen (secondary N) is 3. The molecule has 5 nitrogen and oxygen atoms in total. The van der Waals surface area contributed by atoms with E-state index in [1.807, 2.05) is 24.3 Å². The predicted octanol–water partition coefficient (Wildman–Crippen LogP) is 3.11. The molecule has 1 aliphatic carbocycles. The quantitative estimate of drug-likeness (QED) is 0.361. The topological polar surface area (TPSA) is 65.5 Å². The summed E-state index contributed by atoms with van der Waals surface area (Å²) in [5, 5.41) is 9.40. The van der Waals surface area contributed by atoms with Gasteiger partial charge in [-0.2, -0.15) is 0 Å². The van der Waals surface area contributed by atoms with Crippen molar-refractivity contribution in [2.45, 2.75) is 51.4 Å². The number of guanidine groups is 1. The summed E-state index contributed by atoms with van der Waals surface area (Å²) in [6.07, 6.45) is 10.5. The normalized spacial score (nSPS) is 15.1. The lowest BCUT2D eigenvalue weighted by atomic mass is 10.0. The summed E-state index contributed by atoms with van der Waals surface area (Å²) in [5.41, 5.74) is 1.85. The number of unbranched alkanes of at least 4 members (excludes halogenated alkanes) is 1. The van der Waals surface area contributed by atoms with Crippen LogP contribution in [0, 0.1) is 5.92 Å². The number of hydrogen-bond acceptors (Lipinski definition) is 2. The van der Waals surface area contributed by atoms with Crippen molar-refractivity contribution in [3.8, 4) is 0 Å². The van der Waals surface area contributed by atoms with Crippen molar-refractivity contribution in [1.29, 1.82) is 0 Å². The molecule has 0 radical (unpaired) electrons. The number of aliphatic imine (C=N–C) groups is 1. The molecule has 0 aromatic heterocycles. The molecule has 1 aromatic rings. The maximum atomic E-state index is 11.7. The summed E-state index contributed by atoms with van der Waals surface area (Å²) < 4.78 is 0. The van der Waals surface area contributed by atoms with Gasteiger partial charge < -0.3 is 16.0 Å². The van der Waals surface area contributed by atoms with Crippen LogP contribution < -0.4 is 16.0 Å². The molecular weight excluding hydrogens is 324 g/mol. The minimum absolute atomic E-state index is 0.0464. The molecule has 1 fully saturated rings. The first kappa shape index (κ1) is 20.3. The highest BCUT2D eigenvalue weighted by atomic mass is 16.1. The molecule has 0 atom stereocenters. The van der Waals surface area contributed by atoms with Gasteiger partial charge in [0.2, 0.25) is 0 Å². The van der Waals surface area contributed by atoms with Crippen LogP contribution in [0.15, 0.2) is 29.3 Å². The Bertz CT molecular complexity index is 579. The van der Waals surface area contributed by atoms with E-state index in [2.05, 4.69) is 20.9 Å². The molecule has 5 heteroatoms. The number of hydrogen-bond donors (Lipinski definition) is 3. The summed E-state index contributed by atoms with van der Waals surface area (Å²) in [5.74, 6) is 1.79. The highest BCUT2D eigenvalue weighted by Gasteiger charge is 2.13. The second-order valence-corrected chi connectivity index (χ2v) is 7.10. The van der Waals surface area contributed by atoms with Gasteiger partial charge in [0.05, 0.1) is 0 Å². The molecule has 26 heavy (non-hydrogen) atoms. The predicted molar refractivity (Wildman–Crippen MR) is 109 cm³/mol. The third kappa shape index (κ3) is 7.06. The minimum atomic E-state index is -0.0464. The Labute approximate surface area is 158 Å². The van der Waals surface area contributed by atoms with Crippen LogP contribution in [0.25, 0.3) is 0 Å². The summed E-state index contributed by atoms with van der Waals surface area (Å²) in [7, 11) is 3.46. The van der Waals surface area contributed by atoms with Gasteiger partial charge in [-0.25, -0.2) is 0 Å². The van der Waals surface area contributed by atoms with Crippen LogP contribution in [0.5, 0.6) is 0 Å². The molecule has 0 aliphatic heterocycles. The average molecular weight is 359 g/mol. The Morgan fingerprint density at radius 3 is 2.65 bits per heavy atom. The molecule has 0 heterocycles. The molecule has 0 unspecified atom stereocenters. The van der Waals surface area contributed by atoms with Crippen molar-refractivity contribution < 1.29 is 4.79 Å². The van der Waals surface area contributed by atoms with Gasteiger partial charge in [0.15, 0.2) is 5.96 Å². The minimum Gasteiger partial charge on any atom is -0.356 e. The van der Waals surface area contributed by atoms with Crippen molar-refractivity contribution >= 4 is 11.9 Å². The number of carbonyl (C=O) groups is 1. The summed E-state index contributed by atoms with van der Waals surface area (Å²) >= 11 is 0. The molecule has 1 amide bonds. The molecule has 0 saturated heterocycles. The van der Waals surface area contributed by atoms with Crippen molar-refractivity contribution in [1.82, 2.24) is 16.0 Å². The fourth-order valence-corrected chi connectivity index (χ4v) is 3.62. The van der Waals surface area contributed by atoms with Crippen LogP contribution in [0.2, 0.25) is 0 Å². The van der Waals surface area contributed by atoms with Gasteiger partial charge in [0.1, 0.15) is 0 Å². The molecule has 1 saturated carbocycles. The fourth-order valence-electron chi connectivity index (χ4n) is 3.62. The maximum absolute atomic E-state index is 11.7. The zero-order chi connectivity index (χ0) is 18.6. The van der Waals surface area contributed by atoms with E-state index in [9.17, 15) is 4.79 Å². The SMILES string of the molecule is CN=C(NCCCCC1CCCC1)NCCc1cccc(C(=O)NC)c1. The second kappa shape index (κ2) is 11.6. The Hall–Kier alpha value is -2.04. The number of nitrogens with zero attached hydrogens (tertiary/aromatic N) is 1. The first-order valence-electron chi connectivity index (χ1n) is 9.98. The molecular formula is C21H34N4O. The number of amides is 1. The molecule has 1 aliphatic rings. The van der Waals surface area contributed by atoms with Crippen LogP contribution in [0.4, 0.5) is 0 Å². The highest BCUT2D eigenvalue weighted by molar-refractivity contribution is 5.94. The monoisotopic (exact) mass is 358 g/mol. The van der Waals surface area contributed by atoms with Crippen LogP contribution in [0.3, 0.4) is 0 Å². The molecule has 0 spiro atoms. The Morgan fingerprint density at radius 1 is 1.15 bits per heavy atom. The number of carbonyl (C=O) groups excluding carboxylic acids is 1. The summed E-state index contributed by atoms with van der Waals surface area (Å²) in [6.45, 7) is 1.76. The van der Waals surface area contributed by atoms with Gasteiger partial charge in [0, 0.05) is 32.7 Å². The lowest BCUT2D eigenvalue weighted by Crippen LogP contribution is -2.38. The molecule has 144 valence electrons. The van der Waals surface area contributed by atoms with Gasteiger partial charge in [-0.05, 0) is 36.5 Å². The molecule has 2 rings (SSSR count). The van der Waals surface area contributed by atoms with E-state index in [0.717, 1.165) is 37.0 Å². The van der Waals surface area contributed by atoms with Crippen LogP contribution in [-0.2, 0) is 6.42 Å². The van der Waals surface area contributed by atoms with E-state index < -0.39 is 0 Å². The van der Waals surface area contributed by atoms with Crippen molar-refractivity contribution in [3.05, 3.63) is 35.4 Å². The Balaban J connectivity index is 1.61. The highest BCUT2D eigenvalue weighted by Crippen LogP contribution is 2.28. The lowest BCUT2D eigenvalue weighted by Gasteiger charge is -2.13. The number of benzene rings is 1.